The van der Waals surface area contributed by atoms with Crippen molar-refractivity contribution in [3.63, 3.8) is 0 Å². The molecule has 0 amide bonds. The predicted molar refractivity (Wildman–Crippen MR) is 34.2 cm³/mol. The van der Waals surface area contributed by atoms with Crippen molar-refractivity contribution in [2.45, 2.75) is 25.9 Å². The lowest BCUT2D eigenvalue weighted by Crippen LogP contribution is -2.27. The lowest BCUT2D eigenvalue weighted by Gasteiger charge is -2.24. The molecule has 1 rings (SSSR count). The average Bonchev–Trinajstić information content (AvgIpc) is 1.89. The maximum absolute atomic E-state index is 10.3. The molecule has 0 aliphatic carbocycles. The molecular formula is C7H12O2. The Hall–Kier alpha value is -0.370. The summed E-state index contributed by atoms with van der Waals surface area (Å²) in [6, 6.07) is 0. The van der Waals surface area contributed by atoms with Crippen LogP contribution in [0.15, 0.2) is 0 Å². The highest BCUT2D eigenvalue weighted by molar-refractivity contribution is 5.54. The van der Waals surface area contributed by atoms with Crippen molar-refractivity contribution in [3.8, 4) is 0 Å². The van der Waals surface area contributed by atoms with Crippen LogP contribution in [-0.2, 0) is 9.53 Å². The molecule has 1 aliphatic rings. The molecule has 1 aliphatic heterocycles. The zero-order valence-electron chi connectivity index (χ0n) is 5.67. The summed E-state index contributed by atoms with van der Waals surface area (Å²) in [5.74, 6) is 0.152. The van der Waals surface area contributed by atoms with E-state index in [4.69, 9.17) is 4.74 Å². The van der Waals surface area contributed by atoms with Gasteiger partial charge < -0.3 is 9.53 Å². The number of hydrogen-bond acceptors (Lipinski definition) is 2. The fraction of sp³-hybridized carbons (Fsp3) is 0.857. The molecule has 1 heterocycles. The fourth-order valence-corrected chi connectivity index (χ4v) is 1.13. The van der Waals surface area contributed by atoms with Crippen LogP contribution in [0.25, 0.3) is 0 Å². The molecule has 0 aromatic rings. The molecule has 0 unspecified atom stereocenters. The van der Waals surface area contributed by atoms with E-state index in [0.29, 0.717) is 0 Å². The molecule has 0 radical (unpaired) electrons. The van der Waals surface area contributed by atoms with E-state index >= 15 is 0 Å². The summed E-state index contributed by atoms with van der Waals surface area (Å²) in [4.78, 5) is 10.3. The highest BCUT2D eigenvalue weighted by Gasteiger charge is 2.20. The van der Waals surface area contributed by atoms with E-state index in [1.165, 1.54) is 0 Å². The molecule has 1 saturated heterocycles. The number of hydrogen-bond donors (Lipinski definition) is 0. The van der Waals surface area contributed by atoms with E-state index in [-0.39, 0.29) is 12.0 Å². The highest BCUT2D eigenvalue weighted by atomic mass is 16.5. The van der Waals surface area contributed by atoms with Gasteiger partial charge in [0.05, 0.1) is 6.10 Å². The Kier molecular flexibility index (Phi) is 2.22. The van der Waals surface area contributed by atoms with E-state index in [1.54, 1.807) is 0 Å². The van der Waals surface area contributed by atoms with Gasteiger partial charge >= 0.3 is 0 Å². The van der Waals surface area contributed by atoms with Crippen molar-refractivity contribution in [3.05, 3.63) is 0 Å². The molecule has 1 fully saturated rings. The third-order valence-corrected chi connectivity index (χ3v) is 1.84. The van der Waals surface area contributed by atoms with Crippen molar-refractivity contribution < 1.29 is 9.53 Å². The first kappa shape index (κ1) is 6.75. The third-order valence-electron chi connectivity index (χ3n) is 1.84. The van der Waals surface area contributed by atoms with Crippen LogP contribution in [0.2, 0.25) is 0 Å². The van der Waals surface area contributed by atoms with Crippen LogP contribution in [0, 0.1) is 5.92 Å². The maximum Gasteiger partial charge on any atom is 0.125 e. The van der Waals surface area contributed by atoms with E-state index in [1.807, 2.05) is 6.92 Å². The summed E-state index contributed by atoms with van der Waals surface area (Å²) >= 11 is 0. The van der Waals surface area contributed by atoms with E-state index in [2.05, 4.69) is 0 Å². The van der Waals surface area contributed by atoms with Crippen molar-refractivity contribution in [1.82, 2.24) is 0 Å². The molecule has 0 aromatic heterocycles. The minimum atomic E-state index is 0.149. The van der Waals surface area contributed by atoms with Crippen LogP contribution in [0.4, 0.5) is 0 Å². The van der Waals surface area contributed by atoms with Crippen LogP contribution in [0.5, 0.6) is 0 Å². The maximum atomic E-state index is 10.3. The molecule has 2 nitrogen and oxygen atoms in total. The number of aldehydes is 1. The monoisotopic (exact) mass is 128 g/mol. The predicted octanol–water partition coefficient (Wildman–Crippen LogP) is 1.00. The van der Waals surface area contributed by atoms with Gasteiger partial charge in [-0.05, 0) is 19.8 Å². The van der Waals surface area contributed by atoms with Crippen LogP contribution >= 0.6 is 0 Å². The van der Waals surface area contributed by atoms with Gasteiger partial charge in [0.2, 0.25) is 0 Å². The van der Waals surface area contributed by atoms with Crippen molar-refractivity contribution in [2.75, 3.05) is 6.61 Å². The molecule has 0 bridgehead atoms. The summed E-state index contributed by atoms with van der Waals surface area (Å²) < 4.78 is 5.25. The van der Waals surface area contributed by atoms with Gasteiger partial charge in [-0.3, -0.25) is 0 Å². The third kappa shape index (κ3) is 1.52. The summed E-state index contributed by atoms with van der Waals surface area (Å²) in [5, 5.41) is 0. The zero-order chi connectivity index (χ0) is 6.69. The first-order valence-corrected chi connectivity index (χ1v) is 3.41. The summed E-state index contributed by atoms with van der Waals surface area (Å²) in [5.41, 5.74) is 0. The Morgan fingerprint density at radius 2 is 2.44 bits per heavy atom. The normalized spacial score (nSPS) is 36.1. The average molecular weight is 128 g/mol. The van der Waals surface area contributed by atoms with Gasteiger partial charge in [-0.25, -0.2) is 0 Å². The van der Waals surface area contributed by atoms with Crippen LogP contribution in [-0.4, -0.2) is 19.0 Å². The first-order chi connectivity index (χ1) is 4.34. The smallest absolute Gasteiger partial charge is 0.125 e. The summed E-state index contributed by atoms with van der Waals surface area (Å²) in [6.45, 7) is 2.78. The van der Waals surface area contributed by atoms with Crippen LogP contribution in [0.1, 0.15) is 19.8 Å². The fourth-order valence-electron chi connectivity index (χ4n) is 1.13. The molecule has 2 atom stereocenters. The SMILES string of the molecule is C[C@H]1OCCC[C@H]1C=O. The first-order valence-electron chi connectivity index (χ1n) is 3.41. The minimum absolute atomic E-state index is 0.149. The molecule has 2 heteroatoms. The van der Waals surface area contributed by atoms with E-state index in [0.717, 1.165) is 25.7 Å². The number of carbonyl (C=O) groups excluding carboxylic acids is 1. The Morgan fingerprint density at radius 1 is 1.67 bits per heavy atom. The highest BCUT2D eigenvalue weighted by Crippen LogP contribution is 2.17. The van der Waals surface area contributed by atoms with Crippen LogP contribution in [0.3, 0.4) is 0 Å². The lowest BCUT2D eigenvalue weighted by atomic mass is 9.97. The van der Waals surface area contributed by atoms with Gasteiger partial charge in [-0.1, -0.05) is 0 Å². The van der Waals surface area contributed by atoms with Crippen molar-refractivity contribution in [2.24, 2.45) is 5.92 Å². The van der Waals surface area contributed by atoms with Crippen molar-refractivity contribution in [1.29, 1.82) is 0 Å². The minimum Gasteiger partial charge on any atom is -0.378 e. The standard InChI is InChI=1S/C7H12O2/c1-6-7(5-8)3-2-4-9-6/h5-7H,2-4H2,1H3/t6-,7+/m1/s1. The van der Waals surface area contributed by atoms with E-state index in [9.17, 15) is 4.79 Å². The van der Waals surface area contributed by atoms with Crippen LogP contribution < -0.4 is 0 Å². The Balaban J connectivity index is 2.38. The molecule has 9 heavy (non-hydrogen) atoms. The van der Waals surface area contributed by atoms with Gasteiger partial charge in [-0.15, -0.1) is 0 Å². The number of ether oxygens (including phenoxy) is 1. The largest absolute Gasteiger partial charge is 0.378 e. The Morgan fingerprint density at radius 3 is 2.89 bits per heavy atom. The molecular weight excluding hydrogens is 116 g/mol. The Bertz CT molecular complexity index is 101. The second-order valence-corrected chi connectivity index (χ2v) is 2.52. The Labute approximate surface area is 55.2 Å². The molecule has 0 saturated carbocycles. The number of carbonyl (C=O) groups is 1. The number of rotatable bonds is 1. The topological polar surface area (TPSA) is 26.3 Å². The second kappa shape index (κ2) is 2.97. The van der Waals surface area contributed by atoms with Gasteiger partial charge in [-0.2, -0.15) is 0 Å². The van der Waals surface area contributed by atoms with Crippen molar-refractivity contribution >= 4 is 6.29 Å². The van der Waals surface area contributed by atoms with E-state index < -0.39 is 0 Å². The lowest BCUT2D eigenvalue weighted by molar-refractivity contribution is -0.118. The van der Waals surface area contributed by atoms with Gasteiger partial charge in [0.1, 0.15) is 6.29 Å². The van der Waals surface area contributed by atoms with Gasteiger partial charge in [0.25, 0.3) is 0 Å². The zero-order valence-corrected chi connectivity index (χ0v) is 5.67. The summed E-state index contributed by atoms with van der Waals surface area (Å²) in [7, 11) is 0. The summed E-state index contributed by atoms with van der Waals surface area (Å²) in [6.07, 6.45) is 3.19. The second-order valence-electron chi connectivity index (χ2n) is 2.52. The molecule has 0 spiro atoms. The molecule has 52 valence electrons. The molecule has 0 aromatic carbocycles. The molecule has 0 N–H and O–H groups in total. The van der Waals surface area contributed by atoms with Gasteiger partial charge in [0, 0.05) is 12.5 Å². The quantitative estimate of drug-likeness (QED) is 0.492. The van der Waals surface area contributed by atoms with Gasteiger partial charge in [0.15, 0.2) is 0 Å².